The summed E-state index contributed by atoms with van der Waals surface area (Å²) >= 11 is 0. The number of hydrogen-bond acceptors (Lipinski definition) is 4. The first-order chi connectivity index (χ1) is 14.5. The molecule has 0 atom stereocenters. The molecule has 1 heterocycles. The molecular formula is C23H30N6O. The Kier molecular flexibility index (Phi) is 7.43. The molecule has 3 aromatic rings. The van der Waals surface area contributed by atoms with Gasteiger partial charge in [-0.3, -0.25) is 0 Å². The standard InChI is InChI=1S/C23H30N6O/c1-17-6-5-7-20(14-17)15-25-23(26-16-22-28-27-18(2)29(22)3)24-13-12-19-8-10-21(30-4)11-9-19/h5-11,14H,12-13,15-16H2,1-4H3,(H2,24,25,26). The Morgan fingerprint density at radius 2 is 1.83 bits per heavy atom. The van der Waals surface area contributed by atoms with E-state index in [2.05, 4.69) is 64.2 Å². The predicted molar refractivity (Wildman–Crippen MR) is 120 cm³/mol. The summed E-state index contributed by atoms with van der Waals surface area (Å²) in [5, 5.41) is 15.1. The number of ether oxygens (including phenoxy) is 1. The number of guanidine groups is 1. The Bertz CT molecular complexity index is 978. The third-order valence-corrected chi connectivity index (χ3v) is 4.96. The number of aryl methyl sites for hydroxylation is 2. The lowest BCUT2D eigenvalue weighted by molar-refractivity contribution is 0.414. The van der Waals surface area contributed by atoms with Crippen LogP contribution in [-0.2, 0) is 26.6 Å². The zero-order valence-corrected chi connectivity index (χ0v) is 18.1. The SMILES string of the molecule is COc1ccc(CCNC(=NCc2cccc(C)c2)NCc2nnc(C)n2C)cc1. The third-order valence-electron chi connectivity index (χ3n) is 4.96. The first kappa shape index (κ1) is 21.4. The van der Waals surface area contributed by atoms with E-state index in [9.17, 15) is 0 Å². The van der Waals surface area contributed by atoms with Gasteiger partial charge in [0.15, 0.2) is 11.8 Å². The van der Waals surface area contributed by atoms with Crippen LogP contribution in [0.25, 0.3) is 0 Å². The summed E-state index contributed by atoms with van der Waals surface area (Å²) in [5.74, 6) is 3.38. The molecular weight excluding hydrogens is 376 g/mol. The average molecular weight is 407 g/mol. The smallest absolute Gasteiger partial charge is 0.191 e. The lowest BCUT2D eigenvalue weighted by Crippen LogP contribution is -2.38. The van der Waals surface area contributed by atoms with E-state index in [1.165, 1.54) is 16.7 Å². The highest BCUT2D eigenvalue weighted by atomic mass is 16.5. The fraction of sp³-hybridized carbons (Fsp3) is 0.348. The first-order valence-corrected chi connectivity index (χ1v) is 10.1. The van der Waals surface area contributed by atoms with Crippen molar-refractivity contribution in [2.75, 3.05) is 13.7 Å². The normalized spacial score (nSPS) is 11.4. The minimum absolute atomic E-state index is 0.555. The van der Waals surface area contributed by atoms with E-state index in [-0.39, 0.29) is 0 Å². The fourth-order valence-electron chi connectivity index (χ4n) is 3.04. The van der Waals surface area contributed by atoms with Crippen LogP contribution in [-0.4, -0.2) is 34.4 Å². The second kappa shape index (κ2) is 10.4. The van der Waals surface area contributed by atoms with Crippen molar-refractivity contribution >= 4 is 5.96 Å². The molecule has 7 nitrogen and oxygen atoms in total. The molecule has 0 amide bonds. The summed E-state index contributed by atoms with van der Waals surface area (Å²) in [6.07, 6.45) is 0.887. The van der Waals surface area contributed by atoms with Crippen LogP contribution in [0.15, 0.2) is 53.5 Å². The zero-order valence-electron chi connectivity index (χ0n) is 18.1. The number of aliphatic imine (C=N–C) groups is 1. The molecule has 0 aliphatic carbocycles. The molecule has 0 spiro atoms. The lowest BCUT2D eigenvalue weighted by atomic mass is 10.1. The average Bonchev–Trinajstić information content (AvgIpc) is 3.08. The van der Waals surface area contributed by atoms with Crippen molar-refractivity contribution in [1.82, 2.24) is 25.4 Å². The van der Waals surface area contributed by atoms with E-state index in [4.69, 9.17) is 9.73 Å². The molecule has 30 heavy (non-hydrogen) atoms. The summed E-state index contributed by atoms with van der Waals surface area (Å²) < 4.78 is 7.20. The molecule has 2 aromatic carbocycles. The second-order valence-corrected chi connectivity index (χ2v) is 7.25. The molecule has 0 radical (unpaired) electrons. The highest BCUT2D eigenvalue weighted by molar-refractivity contribution is 5.79. The Balaban J connectivity index is 1.62. The van der Waals surface area contributed by atoms with Crippen molar-refractivity contribution in [2.24, 2.45) is 12.0 Å². The summed E-state index contributed by atoms with van der Waals surface area (Å²) in [7, 11) is 3.64. The van der Waals surface area contributed by atoms with E-state index in [0.29, 0.717) is 13.1 Å². The van der Waals surface area contributed by atoms with E-state index >= 15 is 0 Å². The van der Waals surface area contributed by atoms with Crippen molar-refractivity contribution < 1.29 is 4.74 Å². The van der Waals surface area contributed by atoms with Gasteiger partial charge in [0, 0.05) is 13.6 Å². The topological polar surface area (TPSA) is 76.4 Å². The van der Waals surface area contributed by atoms with Gasteiger partial charge in [-0.05, 0) is 43.5 Å². The highest BCUT2D eigenvalue weighted by Gasteiger charge is 2.06. The van der Waals surface area contributed by atoms with Gasteiger partial charge in [-0.25, -0.2) is 4.99 Å². The monoisotopic (exact) mass is 406 g/mol. The maximum Gasteiger partial charge on any atom is 0.191 e. The van der Waals surface area contributed by atoms with Gasteiger partial charge in [-0.2, -0.15) is 0 Å². The number of aromatic nitrogens is 3. The number of nitrogens with zero attached hydrogens (tertiary/aromatic N) is 4. The molecule has 0 bridgehead atoms. The summed E-state index contributed by atoms with van der Waals surface area (Å²) in [6, 6.07) is 16.5. The van der Waals surface area contributed by atoms with E-state index in [1.807, 2.05) is 30.7 Å². The number of benzene rings is 2. The minimum Gasteiger partial charge on any atom is -0.497 e. The zero-order chi connectivity index (χ0) is 21.3. The van der Waals surface area contributed by atoms with Gasteiger partial charge in [0.25, 0.3) is 0 Å². The van der Waals surface area contributed by atoms with Gasteiger partial charge in [0.2, 0.25) is 0 Å². The molecule has 0 fully saturated rings. The van der Waals surface area contributed by atoms with Gasteiger partial charge >= 0.3 is 0 Å². The summed E-state index contributed by atoms with van der Waals surface area (Å²) in [4.78, 5) is 4.76. The van der Waals surface area contributed by atoms with Crippen LogP contribution in [0.4, 0.5) is 0 Å². The summed E-state index contributed by atoms with van der Waals surface area (Å²) in [5.41, 5.74) is 3.66. The molecule has 0 saturated carbocycles. The van der Waals surface area contributed by atoms with Crippen LogP contribution in [0.3, 0.4) is 0 Å². The molecule has 0 saturated heterocycles. The number of nitrogens with one attached hydrogen (secondary N) is 2. The lowest BCUT2D eigenvalue weighted by Gasteiger charge is -2.13. The van der Waals surface area contributed by atoms with Crippen molar-refractivity contribution in [2.45, 2.75) is 33.4 Å². The van der Waals surface area contributed by atoms with Crippen molar-refractivity contribution in [3.63, 3.8) is 0 Å². The van der Waals surface area contributed by atoms with Crippen molar-refractivity contribution in [3.8, 4) is 5.75 Å². The number of rotatable bonds is 8. The van der Waals surface area contributed by atoms with Gasteiger partial charge in [0.1, 0.15) is 11.6 Å². The fourth-order valence-corrected chi connectivity index (χ4v) is 3.04. The van der Waals surface area contributed by atoms with E-state index < -0.39 is 0 Å². The van der Waals surface area contributed by atoms with Crippen molar-refractivity contribution in [1.29, 1.82) is 0 Å². The maximum atomic E-state index is 5.22. The van der Waals surface area contributed by atoms with E-state index in [0.717, 1.165) is 36.3 Å². The molecule has 2 N–H and O–H groups in total. The molecule has 7 heteroatoms. The molecule has 1 aromatic heterocycles. The molecule has 0 aliphatic rings. The molecule has 0 aliphatic heterocycles. The minimum atomic E-state index is 0.555. The number of methoxy groups -OCH3 is 1. The van der Waals surface area contributed by atoms with Gasteiger partial charge in [-0.1, -0.05) is 42.0 Å². The van der Waals surface area contributed by atoms with Crippen molar-refractivity contribution in [3.05, 3.63) is 76.9 Å². The Hall–Kier alpha value is -3.35. The highest BCUT2D eigenvalue weighted by Crippen LogP contribution is 2.11. The van der Waals surface area contributed by atoms with Gasteiger partial charge < -0.3 is 19.9 Å². The van der Waals surface area contributed by atoms with Crippen LogP contribution < -0.4 is 15.4 Å². The van der Waals surface area contributed by atoms with Gasteiger partial charge in [-0.15, -0.1) is 10.2 Å². The van der Waals surface area contributed by atoms with Gasteiger partial charge in [0.05, 0.1) is 20.2 Å². The van der Waals surface area contributed by atoms with Crippen LogP contribution in [0.5, 0.6) is 5.75 Å². The molecule has 0 unspecified atom stereocenters. The third kappa shape index (κ3) is 6.07. The van der Waals surface area contributed by atoms with Crippen LogP contribution in [0.1, 0.15) is 28.3 Å². The Morgan fingerprint density at radius 1 is 1.03 bits per heavy atom. The second-order valence-electron chi connectivity index (χ2n) is 7.25. The molecule has 3 rings (SSSR count). The van der Waals surface area contributed by atoms with Crippen LogP contribution in [0.2, 0.25) is 0 Å². The quantitative estimate of drug-likeness (QED) is 0.444. The summed E-state index contributed by atoms with van der Waals surface area (Å²) in [6.45, 7) is 5.97. The predicted octanol–water partition coefficient (Wildman–Crippen LogP) is 2.92. The molecule has 158 valence electrons. The van der Waals surface area contributed by atoms with Crippen LogP contribution in [0, 0.1) is 13.8 Å². The Labute approximate surface area is 178 Å². The Morgan fingerprint density at radius 3 is 2.50 bits per heavy atom. The maximum absolute atomic E-state index is 5.22. The largest absolute Gasteiger partial charge is 0.497 e. The first-order valence-electron chi connectivity index (χ1n) is 10.1. The van der Waals surface area contributed by atoms with E-state index in [1.54, 1.807) is 7.11 Å². The van der Waals surface area contributed by atoms with Crippen LogP contribution >= 0.6 is 0 Å². The number of hydrogen-bond donors (Lipinski definition) is 2.